The van der Waals surface area contributed by atoms with Crippen LogP contribution in [0.2, 0.25) is 0 Å². The van der Waals surface area contributed by atoms with Gasteiger partial charge in [0.15, 0.2) is 5.96 Å². The van der Waals surface area contributed by atoms with Gasteiger partial charge in [0, 0.05) is 13.1 Å². The van der Waals surface area contributed by atoms with E-state index in [0.29, 0.717) is 38.6 Å². The van der Waals surface area contributed by atoms with Crippen LogP contribution >= 0.6 is 12.4 Å². The average molecular weight is 624 g/mol. The molecule has 0 aliphatic carbocycles. The van der Waals surface area contributed by atoms with Crippen molar-refractivity contribution in [3.05, 3.63) is 35.9 Å². The van der Waals surface area contributed by atoms with Gasteiger partial charge in [0.2, 0.25) is 29.5 Å². The van der Waals surface area contributed by atoms with Crippen LogP contribution < -0.4 is 38.9 Å². The first-order valence-electron chi connectivity index (χ1n) is 14.2. The maximum absolute atomic E-state index is 13.7. The summed E-state index contributed by atoms with van der Waals surface area (Å²) in [6, 6.07) is 5.66. The van der Waals surface area contributed by atoms with Gasteiger partial charge < -0.3 is 43.8 Å². The van der Waals surface area contributed by atoms with Gasteiger partial charge in [-0.05, 0) is 50.0 Å². The number of guanidine groups is 1. The number of rotatable bonds is 16. The molecule has 1 fully saturated rings. The predicted molar refractivity (Wildman–Crippen MR) is 166 cm³/mol. The largest absolute Gasteiger partial charge is 0.370 e. The second kappa shape index (κ2) is 18.6. The average Bonchev–Trinajstić information content (AvgIpc) is 3.42. The lowest BCUT2D eigenvalue weighted by Crippen LogP contribution is -2.58. The summed E-state index contributed by atoms with van der Waals surface area (Å²) in [7, 11) is 0. The van der Waals surface area contributed by atoms with Crippen molar-refractivity contribution < 1.29 is 24.0 Å². The maximum Gasteiger partial charge on any atom is 0.245 e. The van der Waals surface area contributed by atoms with Crippen LogP contribution in [0.25, 0.3) is 0 Å². The van der Waals surface area contributed by atoms with Gasteiger partial charge in [0.05, 0.1) is 12.6 Å². The van der Waals surface area contributed by atoms with E-state index in [1.54, 1.807) is 0 Å². The Bertz CT molecular complexity index is 1120. The van der Waals surface area contributed by atoms with E-state index in [2.05, 4.69) is 20.9 Å². The highest BCUT2D eigenvalue weighted by molar-refractivity contribution is 5.95. The highest BCUT2D eigenvalue weighted by Gasteiger charge is 2.38. The fourth-order valence-electron chi connectivity index (χ4n) is 4.77. The first-order chi connectivity index (χ1) is 19.9. The number of likely N-dealkylation sites (tertiary alicyclic amines) is 1. The minimum atomic E-state index is -1.01. The Balaban J connectivity index is 0.00000924. The molecule has 0 bridgehead atoms. The number of nitrogens with two attached hydrogens (primary N) is 4. The predicted octanol–water partition coefficient (Wildman–Crippen LogP) is -1.36. The van der Waals surface area contributed by atoms with E-state index < -0.39 is 53.7 Å². The molecule has 1 aliphatic rings. The van der Waals surface area contributed by atoms with Crippen molar-refractivity contribution in [3.63, 3.8) is 0 Å². The molecule has 4 atom stereocenters. The van der Waals surface area contributed by atoms with E-state index in [1.807, 2.05) is 44.2 Å². The molecule has 5 amide bonds. The van der Waals surface area contributed by atoms with Crippen molar-refractivity contribution in [2.75, 3.05) is 19.6 Å². The highest BCUT2D eigenvalue weighted by Crippen LogP contribution is 2.20. The topological polar surface area (TPSA) is 241 Å². The molecule has 1 saturated heterocycles. The summed E-state index contributed by atoms with van der Waals surface area (Å²) in [6.45, 7) is 4.00. The Morgan fingerprint density at radius 3 is 2.26 bits per heavy atom. The fourth-order valence-corrected chi connectivity index (χ4v) is 4.77. The first-order valence-corrected chi connectivity index (χ1v) is 14.2. The third kappa shape index (κ3) is 12.9. The van der Waals surface area contributed by atoms with Crippen molar-refractivity contribution in [2.45, 2.75) is 76.5 Å². The number of hydrogen-bond acceptors (Lipinski definition) is 7. The van der Waals surface area contributed by atoms with Gasteiger partial charge in [0.25, 0.3) is 0 Å². The molecular formula is C28H46ClN9O5. The molecule has 1 aliphatic heterocycles. The fraction of sp³-hybridized carbons (Fsp3) is 0.571. The summed E-state index contributed by atoms with van der Waals surface area (Å²) in [5.74, 6) is -2.74. The summed E-state index contributed by atoms with van der Waals surface area (Å²) < 4.78 is 0. The van der Waals surface area contributed by atoms with Crippen LogP contribution in [-0.4, -0.2) is 84.2 Å². The Morgan fingerprint density at radius 2 is 1.65 bits per heavy atom. The van der Waals surface area contributed by atoms with Crippen LogP contribution in [0.1, 0.15) is 51.5 Å². The molecule has 1 aromatic rings. The van der Waals surface area contributed by atoms with Crippen molar-refractivity contribution in [1.82, 2.24) is 20.9 Å². The number of amides is 5. The molecule has 240 valence electrons. The molecule has 2 rings (SSSR count). The van der Waals surface area contributed by atoms with Gasteiger partial charge in [-0.2, -0.15) is 0 Å². The number of carbonyl (C=O) groups is 5. The van der Waals surface area contributed by atoms with Gasteiger partial charge in [-0.15, -0.1) is 12.4 Å². The number of halogens is 1. The zero-order valence-corrected chi connectivity index (χ0v) is 25.6. The summed E-state index contributed by atoms with van der Waals surface area (Å²) in [5, 5.41) is 7.99. The maximum atomic E-state index is 13.7. The number of benzene rings is 1. The second-order valence-electron chi connectivity index (χ2n) is 10.9. The molecule has 15 heteroatoms. The zero-order chi connectivity index (χ0) is 31.2. The van der Waals surface area contributed by atoms with Gasteiger partial charge >= 0.3 is 0 Å². The Hall–Kier alpha value is -3.91. The van der Waals surface area contributed by atoms with E-state index in [9.17, 15) is 24.0 Å². The van der Waals surface area contributed by atoms with Crippen molar-refractivity contribution in [3.8, 4) is 0 Å². The summed E-state index contributed by atoms with van der Waals surface area (Å²) in [6.07, 6.45) is 2.12. The SMILES string of the molecule is CC(C)C[C@H](NC(=O)[C@H](N)Cc1ccccc1)C(=O)N[C@@H](CCCN=C(N)N)C(=O)N1CCC[C@H]1C(=O)NCC(N)=O.Cl. The summed E-state index contributed by atoms with van der Waals surface area (Å²) in [5.41, 5.74) is 23.0. The molecule has 0 aromatic heterocycles. The van der Waals surface area contributed by atoms with E-state index >= 15 is 0 Å². The number of aliphatic imine (C=N–C) groups is 1. The van der Waals surface area contributed by atoms with Crippen LogP contribution in [0.4, 0.5) is 0 Å². The molecule has 0 radical (unpaired) electrons. The van der Waals surface area contributed by atoms with E-state index in [1.165, 1.54) is 4.90 Å². The molecule has 0 unspecified atom stereocenters. The normalized spacial score (nSPS) is 16.3. The van der Waals surface area contributed by atoms with Crippen molar-refractivity contribution in [2.24, 2.45) is 33.8 Å². The molecule has 0 spiro atoms. The lowest BCUT2D eigenvalue weighted by molar-refractivity contribution is -0.142. The zero-order valence-electron chi connectivity index (χ0n) is 24.8. The minimum Gasteiger partial charge on any atom is -0.370 e. The molecule has 11 N–H and O–H groups in total. The lowest BCUT2D eigenvalue weighted by atomic mass is 10.0. The highest BCUT2D eigenvalue weighted by atomic mass is 35.5. The minimum absolute atomic E-state index is 0. The molecule has 1 heterocycles. The Labute approximate surface area is 258 Å². The molecule has 1 aromatic carbocycles. The van der Waals surface area contributed by atoms with Crippen LogP contribution in [0.15, 0.2) is 35.3 Å². The Morgan fingerprint density at radius 1 is 1.00 bits per heavy atom. The number of nitrogens with zero attached hydrogens (tertiary/aromatic N) is 2. The van der Waals surface area contributed by atoms with E-state index in [4.69, 9.17) is 22.9 Å². The first kappa shape index (κ1) is 37.1. The number of carbonyl (C=O) groups excluding carboxylic acids is 5. The monoisotopic (exact) mass is 623 g/mol. The number of nitrogens with one attached hydrogen (secondary N) is 3. The van der Waals surface area contributed by atoms with Crippen LogP contribution in [-0.2, 0) is 30.4 Å². The molecule has 43 heavy (non-hydrogen) atoms. The summed E-state index contributed by atoms with van der Waals surface area (Å²) >= 11 is 0. The van der Waals surface area contributed by atoms with Crippen LogP contribution in [0.5, 0.6) is 0 Å². The lowest BCUT2D eigenvalue weighted by Gasteiger charge is -2.30. The van der Waals surface area contributed by atoms with Crippen LogP contribution in [0, 0.1) is 5.92 Å². The smallest absolute Gasteiger partial charge is 0.245 e. The molecular weight excluding hydrogens is 578 g/mol. The quantitative estimate of drug-likeness (QED) is 0.0657. The number of primary amides is 1. The standard InChI is InChI=1S/C28H45N9O5.ClH/c1-17(2)14-21(36-24(39)19(29)15-18-8-4-3-5-9-18)25(40)35-20(10-6-12-33-28(31)32)27(42)37-13-7-11-22(37)26(41)34-16-23(30)38;/h3-5,8-9,17,19-22H,6-7,10-16,29H2,1-2H3,(H2,30,38)(H,34,41)(H,35,40)(H,36,39)(H4,31,32,33);1H/t19-,20+,21+,22+;/m1./s1. The van der Waals surface area contributed by atoms with Crippen molar-refractivity contribution >= 4 is 47.9 Å². The van der Waals surface area contributed by atoms with Gasteiger partial charge in [-0.3, -0.25) is 29.0 Å². The Kier molecular flexibility index (Phi) is 16.0. The number of hydrogen-bond donors (Lipinski definition) is 7. The van der Waals surface area contributed by atoms with Crippen LogP contribution in [0.3, 0.4) is 0 Å². The van der Waals surface area contributed by atoms with E-state index in [-0.39, 0.29) is 43.8 Å². The second-order valence-corrected chi connectivity index (χ2v) is 10.9. The molecule has 14 nitrogen and oxygen atoms in total. The summed E-state index contributed by atoms with van der Waals surface area (Å²) in [4.78, 5) is 69.3. The van der Waals surface area contributed by atoms with Gasteiger partial charge in [-0.25, -0.2) is 0 Å². The third-order valence-corrected chi connectivity index (χ3v) is 6.81. The third-order valence-electron chi connectivity index (χ3n) is 6.81. The van der Waals surface area contributed by atoms with Gasteiger partial charge in [-0.1, -0.05) is 44.2 Å². The van der Waals surface area contributed by atoms with E-state index in [0.717, 1.165) is 5.56 Å². The van der Waals surface area contributed by atoms with Crippen molar-refractivity contribution in [1.29, 1.82) is 0 Å². The van der Waals surface area contributed by atoms with Gasteiger partial charge in [0.1, 0.15) is 18.1 Å². The molecule has 0 saturated carbocycles.